The molecule has 0 aliphatic carbocycles. The predicted molar refractivity (Wildman–Crippen MR) is 89.1 cm³/mol. The quantitative estimate of drug-likeness (QED) is 0.811. The van der Waals surface area contributed by atoms with Crippen molar-refractivity contribution in [3.63, 3.8) is 0 Å². The van der Waals surface area contributed by atoms with Crippen molar-refractivity contribution in [1.82, 2.24) is 14.0 Å². The van der Waals surface area contributed by atoms with Crippen LogP contribution in [0.2, 0.25) is 0 Å². The van der Waals surface area contributed by atoms with Crippen molar-refractivity contribution in [3.8, 4) is 6.07 Å². The second-order valence-corrected chi connectivity index (χ2v) is 6.51. The number of likely N-dealkylation sites (tertiary alicyclic amines) is 1. The number of nitriles is 1. The molecule has 2 saturated heterocycles. The lowest BCUT2D eigenvalue weighted by Crippen LogP contribution is -2.46. The van der Waals surface area contributed by atoms with Crippen molar-refractivity contribution in [2.45, 2.75) is 31.3 Å². The maximum absolute atomic E-state index is 12.1. The van der Waals surface area contributed by atoms with E-state index >= 15 is 0 Å². The Morgan fingerprint density at radius 3 is 2.46 bits per heavy atom. The molecule has 24 heavy (non-hydrogen) atoms. The van der Waals surface area contributed by atoms with Gasteiger partial charge in [-0.1, -0.05) is 0 Å². The fourth-order valence-corrected chi connectivity index (χ4v) is 3.53. The van der Waals surface area contributed by atoms with Gasteiger partial charge in [-0.2, -0.15) is 5.26 Å². The molecule has 0 amide bonds. The highest BCUT2D eigenvalue weighted by Crippen LogP contribution is 2.21. The lowest BCUT2D eigenvalue weighted by molar-refractivity contribution is 0.124. The maximum Gasteiger partial charge on any atom is 0.332 e. The number of piperidine rings is 1. The van der Waals surface area contributed by atoms with Crippen molar-refractivity contribution < 1.29 is 4.74 Å². The number of rotatable bonds is 3. The largest absolute Gasteiger partial charge is 0.380 e. The molecular weight excluding hydrogens is 310 g/mol. The minimum atomic E-state index is -0.552. The molecule has 1 unspecified atom stereocenters. The maximum atomic E-state index is 12.1. The first-order valence-corrected chi connectivity index (χ1v) is 8.31. The third-order valence-corrected chi connectivity index (χ3v) is 5.07. The molecule has 3 rings (SSSR count). The summed E-state index contributed by atoms with van der Waals surface area (Å²) in [5, 5.41) is 12.6. The van der Waals surface area contributed by atoms with Crippen molar-refractivity contribution >= 4 is 5.82 Å². The molecule has 1 aromatic rings. The fourth-order valence-electron chi connectivity index (χ4n) is 3.53. The Kier molecular flexibility index (Phi) is 4.73. The summed E-state index contributed by atoms with van der Waals surface area (Å²) in [6.45, 7) is 3.54. The van der Waals surface area contributed by atoms with Crippen LogP contribution in [0.25, 0.3) is 0 Å². The molecule has 0 bridgehead atoms. The highest BCUT2D eigenvalue weighted by atomic mass is 16.5. The molecule has 3 heterocycles. The first-order valence-electron chi connectivity index (χ1n) is 8.31. The van der Waals surface area contributed by atoms with Gasteiger partial charge < -0.3 is 10.1 Å². The van der Waals surface area contributed by atoms with Gasteiger partial charge in [-0.3, -0.25) is 18.8 Å². The van der Waals surface area contributed by atoms with Gasteiger partial charge in [-0.15, -0.1) is 0 Å². The Labute approximate surface area is 140 Å². The van der Waals surface area contributed by atoms with Crippen molar-refractivity contribution in [1.29, 1.82) is 5.26 Å². The highest BCUT2D eigenvalue weighted by molar-refractivity contribution is 5.51. The molecule has 130 valence electrons. The van der Waals surface area contributed by atoms with E-state index in [0.29, 0.717) is 11.9 Å². The second-order valence-electron chi connectivity index (χ2n) is 6.51. The van der Waals surface area contributed by atoms with Crippen LogP contribution >= 0.6 is 0 Å². The van der Waals surface area contributed by atoms with Gasteiger partial charge in [-0.05, 0) is 19.3 Å². The van der Waals surface area contributed by atoms with Crippen LogP contribution in [0.5, 0.6) is 0 Å². The van der Waals surface area contributed by atoms with E-state index in [2.05, 4.69) is 10.2 Å². The van der Waals surface area contributed by atoms with Crippen molar-refractivity contribution in [3.05, 3.63) is 26.4 Å². The third-order valence-electron chi connectivity index (χ3n) is 5.07. The Morgan fingerprint density at radius 1 is 1.17 bits per heavy atom. The minimum absolute atomic E-state index is 0.00813. The van der Waals surface area contributed by atoms with Crippen LogP contribution in [0.15, 0.2) is 9.59 Å². The van der Waals surface area contributed by atoms with Gasteiger partial charge in [0.25, 0.3) is 5.56 Å². The van der Waals surface area contributed by atoms with Crippen LogP contribution < -0.4 is 16.6 Å². The van der Waals surface area contributed by atoms with Crippen molar-refractivity contribution in [2.24, 2.45) is 14.1 Å². The molecule has 0 radical (unpaired) electrons. The zero-order chi connectivity index (χ0) is 17.3. The van der Waals surface area contributed by atoms with Gasteiger partial charge in [0.05, 0.1) is 6.61 Å². The van der Waals surface area contributed by atoms with Gasteiger partial charge in [0.2, 0.25) is 0 Å². The smallest absolute Gasteiger partial charge is 0.332 e. The first-order chi connectivity index (χ1) is 11.5. The summed E-state index contributed by atoms with van der Waals surface area (Å²) in [5.74, 6) is 0.327. The Morgan fingerprint density at radius 2 is 1.88 bits per heavy atom. The standard InChI is InChI=1S/C16H23N5O3/c1-19-14(13(9-17)15(22)20(2)16(19)23)18-11-3-6-21(7-4-11)12-5-8-24-10-12/h11-12,18H,3-8,10H2,1-2H3. The zero-order valence-electron chi connectivity index (χ0n) is 14.1. The highest BCUT2D eigenvalue weighted by Gasteiger charge is 2.28. The molecule has 2 fully saturated rings. The molecule has 1 atom stereocenters. The number of nitrogens with one attached hydrogen (secondary N) is 1. The second kappa shape index (κ2) is 6.79. The summed E-state index contributed by atoms with van der Waals surface area (Å²) in [5.41, 5.74) is -0.989. The van der Waals surface area contributed by atoms with E-state index in [1.165, 1.54) is 11.6 Å². The summed E-state index contributed by atoms with van der Waals surface area (Å²) < 4.78 is 7.76. The fraction of sp³-hybridized carbons (Fsp3) is 0.688. The minimum Gasteiger partial charge on any atom is -0.380 e. The number of hydrogen-bond donors (Lipinski definition) is 1. The molecule has 1 N–H and O–H groups in total. The molecule has 1 aromatic heterocycles. The van der Waals surface area contributed by atoms with Crippen LogP contribution in [0.4, 0.5) is 5.82 Å². The summed E-state index contributed by atoms with van der Waals surface area (Å²) in [6.07, 6.45) is 2.90. The number of anilines is 1. The molecule has 0 saturated carbocycles. The topological polar surface area (TPSA) is 92.3 Å². The number of aromatic nitrogens is 2. The summed E-state index contributed by atoms with van der Waals surface area (Å²) in [7, 11) is 2.97. The van der Waals surface area contributed by atoms with E-state index in [1.807, 2.05) is 6.07 Å². The molecule has 2 aliphatic rings. The molecule has 0 aromatic carbocycles. The average Bonchev–Trinajstić information content (AvgIpc) is 3.13. The molecule has 8 heteroatoms. The molecular formula is C16H23N5O3. The summed E-state index contributed by atoms with van der Waals surface area (Å²) >= 11 is 0. The SMILES string of the molecule is Cn1c(NC2CCN(C3CCOC3)CC2)c(C#N)c(=O)n(C)c1=O. The Balaban J connectivity index is 1.75. The lowest BCUT2D eigenvalue weighted by Gasteiger charge is -2.36. The first kappa shape index (κ1) is 16.7. The van der Waals surface area contributed by atoms with Crippen LogP contribution in [0.3, 0.4) is 0 Å². The van der Waals surface area contributed by atoms with Gasteiger partial charge in [-0.25, -0.2) is 4.79 Å². The third kappa shape index (κ3) is 2.97. The van der Waals surface area contributed by atoms with Gasteiger partial charge in [0.1, 0.15) is 11.9 Å². The molecule has 2 aliphatic heterocycles. The van der Waals surface area contributed by atoms with Gasteiger partial charge in [0, 0.05) is 45.9 Å². The van der Waals surface area contributed by atoms with E-state index in [0.717, 1.165) is 50.1 Å². The van der Waals surface area contributed by atoms with Crippen LogP contribution in [0.1, 0.15) is 24.8 Å². The van der Waals surface area contributed by atoms with Crippen LogP contribution in [-0.2, 0) is 18.8 Å². The van der Waals surface area contributed by atoms with Crippen molar-refractivity contribution in [2.75, 3.05) is 31.6 Å². The zero-order valence-corrected chi connectivity index (χ0v) is 14.1. The van der Waals surface area contributed by atoms with Crippen LogP contribution in [0, 0.1) is 11.3 Å². The monoisotopic (exact) mass is 333 g/mol. The Bertz CT molecular complexity index is 762. The van der Waals surface area contributed by atoms with E-state index in [9.17, 15) is 14.9 Å². The number of hydrogen-bond acceptors (Lipinski definition) is 6. The summed E-state index contributed by atoms with van der Waals surface area (Å²) in [6, 6.07) is 2.59. The van der Waals surface area contributed by atoms with E-state index in [-0.39, 0.29) is 11.6 Å². The van der Waals surface area contributed by atoms with E-state index in [4.69, 9.17) is 4.74 Å². The van der Waals surface area contributed by atoms with E-state index in [1.54, 1.807) is 7.05 Å². The van der Waals surface area contributed by atoms with Crippen LogP contribution in [-0.4, -0.2) is 52.4 Å². The molecule has 8 nitrogen and oxygen atoms in total. The number of ether oxygens (including phenoxy) is 1. The molecule has 0 spiro atoms. The number of nitrogens with zero attached hydrogens (tertiary/aromatic N) is 4. The van der Waals surface area contributed by atoms with Gasteiger partial charge >= 0.3 is 5.69 Å². The summed E-state index contributed by atoms with van der Waals surface area (Å²) in [4.78, 5) is 26.7. The predicted octanol–water partition coefficient (Wildman–Crippen LogP) is -0.379. The normalized spacial score (nSPS) is 22.5. The Hall–Kier alpha value is -2.11. The van der Waals surface area contributed by atoms with Gasteiger partial charge in [0.15, 0.2) is 5.56 Å². The average molecular weight is 333 g/mol. The lowest BCUT2D eigenvalue weighted by atomic mass is 10.0. The van der Waals surface area contributed by atoms with E-state index < -0.39 is 11.2 Å².